The summed E-state index contributed by atoms with van der Waals surface area (Å²) in [6.45, 7) is 4.66. The quantitative estimate of drug-likeness (QED) is 0.926. The molecule has 1 atom stereocenters. The van der Waals surface area contributed by atoms with Crippen LogP contribution in [0, 0.1) is 13.8 Å². The first kappa shape index (κ1) is 16.4. The van der Waals surface area contributed by atoms with Gasteiger partial charge in [0.1, 0.15) is 0 Å². The number of aromatic amines is 1. The van der Waals surface area contributed by atoms with E-state index in [2.05, 4.69) is 20.4 Å². The molecule has 1 fully saturated rings. The van der Waals surface area contributed by atoms with E-state index in [1.807, 2.05) is 49.9 Å². The van der Waals surface area contributed by atoms with Crippen molar-refractivity contribution in [3.8, 4) is 0 Å². The number of nitrogens with zero attached hydrogens (tertiary/aromatic N) is 5. The topological polar surface area (TPSA) is 78.0 Å². The number of carbonyl (C=O) groups excluding carboxylic acids is 1. The molecule has 7 nitrogen and oxygen atoms in total. The lowest BCUT2D eigenvalue weighted by molar-refractivity contribution is -0.131. The van der Waals surface area contributed by atoms with E-state index < -0.39 is 0 Å². The van der Waals surface area contributed by atoms with Crippen LogP contribution in [0.2, 0.25) is 0 Å². The summed E-state index contributed by atoms with van der Waals surface area (Å²) in [7, 11) is 3.87. The zero-order valence-corrected chi connectivity index (χ0v) is 14.7. The number of likely N-dealkylation sites (tertiary alicyclic amines) is 1. The van der Waals surface area contributed by atoms with Gasteiger partial charge < -0.3 is 9.80 Å². The first-order valence-electron chi connectivity index (χ1n) is 8.28. The summed E-state index contributed by atoms with van der Waals surface area (Å²) in [6, 6.07) is 3.95. The Balaban J connectivity index is 1.76. The molecule has 1 unspecified atom stereocenters. The van der Waals surface area contributed by atoms with Crippen LogP contribution in [0.4, 0.5) is 5.82 Å². The summed E-state index contributed by atoms with van der Waals surface area (Å²) in [5.41, 5.74) is 3.73. The standard InChI is InChI=1S/C17H24N6O/c1-11-13(12(2)19-18-11)10-17(24)23-9-5-6-15(23)14-7-8-16(21-20-14)22(3)4/h7-8,15H,5-6,9-10H2,1-4H3,(H,18,19). The summed E-state index contributed by atoms with van der Waals surface area (Å²) < 4.78 is 0. The Morgan fingerprint density at radius 2 is 2.12 bits per heavy atom. The highest BCUT2D eigenvalue weighted by Crippen LogP contribution is 2.31. The largest absolute Gasteiger partial charge is 0.361 e. The first-order valence-corrected chi connectivity index (χ1v) is 8.28. The second-order valence-electron chi connectivity index (χ2n) is 6.55. The third kappa shape index (κ3) is 3.11. The van der Waals surface area contributed by atoms with Gasteiger partial charge in [-0.3, -0.25) is 9.89 Å². The molecule has 3 rings (SSSR count). The molecule has 0 bridgehead atoms. The highest BCUT2D eigenvalue weighted by atomic mass is 16.2. The number of amides is 1. The number of nitrogens with one attached hydrogen (secondary N) is 1. The van der Waals surface area contributed by atoms with Gasteiger partial charge in [-0.1, -0.05) is 0 Å². The monoisotopic (exact) mass is 328 g/mol. The minimum absolute atomic E-state index is 0.0220. The number of hydrogen-bond donors (Lipinski definition) is 1. The van der Waals surface area contributed by atoms with Crippen molar-refractivity contribution in [3.63, 3.8) is 0 Å². The van der Waals surface area contributed by atoms with Crippen LogP contribution >= 0.6 is 0 Å². The van der Waals surface area contributed by atoms with Crippen LogP contribution in [0.1, 0.15) is 41.5 Å². The fourth-order valence-corrected chi connectivity index (χ4v) is 3.21. The normalized spacial score (nSPS) is 17.3. The molecule has 1 aliphatic rings. The van der Waals surface area contributed by atoms with Crippen molar-refractivity contribution in [3.05, 3.63) is 34.8 Å². The van der Waals surface area contributed by atoms with Gasteiger partial charge in [-0.05, 0) is 38.8 Å². The SMILES string of the molecule is Cc1n[nH]c(C)c1CC(=O)N1CCCC1c1ccc(N(C)C)nn1. The number of hydrogen-bond acceptors (Lipinski definition) is 5. The maximum absolute atomic E-state index is 12.8. The van der Waals surface area contributed by atoms with Gasteiger partial charge in [-0.25, -0.2) is 0 Å². The first-order chi connectivity index (χ1) is 11.5. The van der Waals surface area contributed by atoms with Gasteiger partial charge in [0, 0.05) is 31.9 Å². The zero-order chi connectivity index (χ0) is 17.3. The van der Waals surface area contributed by atoms with E-state index in [1.54, 1.807) is 0 Å². The van der Waals surface area contributed by atoms with E-state index >= 15 is 0 Å². The fraction of sp³-hybridized carbons (Fsp3) is 0.529. The van der Waals surface area contributed by atoms with Crippen molar-refractivity contribution in [2.24, 2.45) is 0 Å². The van der Waals surface area contributed by atoms with Gasteiger partial charge in [0.05, 0.1) is 23.9 Å². The molecule has 0 aromatic carbocycles. The molecular weight excluding hydrogens is 304 g/mol. The molecule has 1 saturated heterocycles. The summed E-state index contributed by atoms with van der Waals surface area (Å²) in [5.74, 6) is 0.947. The lowest BCUT2D eigenvalue weighted by Gasteiger charge is -2.24. The van der Waals surface area contributed by atoms with Crippen molar-refractivity contribution in [2.45, 2.75) is 39.2 Å². The summed E-state index contributed by atoms with van der Waals surface area (Å²) in [5, 5.41) is 15.7. The predicted octanol–water partition coefficient (Wildman–Crippen LogP) is 1.79. The number of H-pyrrole nitrogens is 1. The highest BCUT2D eigenvalue weighted by Gasteiger charge is 2.31. The van der Waals surface area contributed by atoms with Crippen molar-refractivity contribution in [2.75, 3.05) is 25.5 Å². The minimum atomic E-state index is 0.0220. The number of carbonyl (C=O) groups is 1. The molecule has 3 heterocycles. The molecule has 0 spiro atoms. The Morgan fingerprint density at radius 3 is 2.71 bits per heavy atom. The molecule has 1 aliphatic heterocycles. The maximum Gasteiger partial charge on any atom is 0.227 e. The molecule has 128 valence electrons. The zero-order valence-electron chi connectivity index (χ0n) is 14.7. The summed E-state index contributed by atoms with van der Waals surface area (Å²) >= 11 is 0. The van der Waals surface area contributed by atoms with Crippen LogP contribution in [0.15, 0.2) is 12.1 Å². The Kier molecular flexibility index (Phi) is 4.51. The fourth-order valence-electron chi connectivity index (χ4n) is 3.21. The molecule has 1 N–H and O–H groups in total. The number of rotatable bonds is 4. The second kappa shape index (κ2) is 6.59. The van der Waals surface area contributed by atoms with Crippen molar-refractivity contribution < 1.29 is 4.79 Å². The smallest absolute Gasteiger partial charge is 0.227 e. The highest BCUT2D eigenvalue weighted by molar-refractivity contribution is 5.80. The van der Waals surface area contributed by atoms with Gasteiger partial charge in [-0.2, -0.15) is 10.2 Å². The van der Waals surface area contributed by atoms with Crippen LogP contribution in [0.25, 0.3) is 0 Å². The van der Waals surface area contributed by atoms with Crippen molar-refractivity contribution >= 4 is 11.7 Å². The third-order valence-corrected chi connectivity index (χ3v) is 4.65. The van der Waals surface area contributed by atoms with Crippen LogP contribution in [-0.2, 0) is 11.2 Å². The molecule has 1 amide bonds. The van der Waals surface area contributed by atoms with Gasteiger partial charge in [0.15, 0.2) is 5.82 Å². The molecule has 0 aliphatic carbocycles. The molecule has 24 heavy (non-hydrogen) atoms. The Bertz CT molecular complexity index is 702. The Labute approximate surface area is 142 Å². The molecule has 2 aromatic heterocycles. The van der Waals surface area contributed by atoms with E-state index in [-0.39, 0.29) is 11.9 Å². The van der Waals surface area contributed by atoms with Gasteiger partial charge >= 0.3 is 0 Å². The third-order valence-electron chi connectivity index (χ3n) is 4.65. The number of anilines is 1. The molecule has 2 aromatic rings. The lowest BCUT2D eigenvalue weighted by atomic mass is 10.1. The molecular formula is C17H24N6O. The second-order valence-corrected chi connectivity index (χ2v) is 6.55. The number of aryl methyl sites for hydroxylation is 2. The Hall–Kier alpha value is -2.44. The van der Waals surface area contributed by atoms with E-state index in [1.165, 1.54) is 0 Å². The van der Waals surface area contributed by atoms with Gasteiger partial charge in [0.2, 0.25) is 5.91 Å². The summed E-state index contributed by atoms with van der Waals surface area (Å²) in [4.78, 5) is 16.7. The van der Waals surface area contributed by atoms with Crippen LogP contribution in [-0.4, -0.2) is 51.8 Å². The molecule has 0 radical (unpaired) electrons. The van der Waals surface area contributed by atoms with E-state index in [0.29, 0.717) is 6.42 Å². The molecule has 0 saturated carbocycles. The Morgan fingerprint density at radius 1 is 1.33 bits per heavy atom. The van der Waals surface area contributed by atoms with Crippen LogP contribution in [0.3, 0.4) is 0 Å². The average molecular weight is 328 g/mol. The predicted molar refractivity (Wildman–Crippen MR) is 91.8 cm³/mol. The lowest BCUT2D eigenvalue weighted by Crippen LogP contribution is -2.32. The van der Waals surface area contributed by atoms with Crippen LogP contribution in [0.5, 0.6) is 0 Å². The average Bonchev–Trinajstić information content (AvgIpc) is 3.17. The van der Waals surface area contributed by atoms with E-state index in [9.17, 15) is 4.79 Å². The molecule has 7 heteroatoms. The van der Waals surface area contributed by atoms with Gasteiger partial charge in [0.25, 0.3) is 0 Å². The minimum Gasteiger partial charge on any atom is -0.361 e. The maximum atomic E-state index is 12.8. The van der Waals surface area contributed by atoms with Gasteiger partial charge in [-0.15, -0.1) is 5.10 Å². The van der Waals surface area contributed by atoms with E-state index in [0.717, 1.165) is 47.8 Å². The van der Waals surface area contributed by atoms with E-state index in [4.69, 9.17) is 0 Å². The van der Waals surface area contributed by atoms with Crippen molar-refractivity contribution in [1.82, 2.24) is 25.3 Å². The number of aromatic nitrogens is 4. The van der Waals surface area contributed by atoms with Crippen LogP contribution < -0.4 is 4.90 Å². The van der Waals surface area contributed by atoms with Crippen molar-refractivity contribution in [1.29, 1.82) is 0 Å². The summed E-state index contributed by atoms with van der Waals surface area (Å²) in [6.07, 6.45) is 2.32.